The van der Waals surface area contributed by atoms with Gasteiger partial charge in [0.1, 0.15) is 18.1 Å². The van der Waals surface area contributed by atoms with E-state index in [9.17, 15) is 4.79 Å². The van der Waals surface area contributed by atoms with Crippen LogP contribution in [0, 0.1) is 6.92 Å². The monoisotopic (exact) mass is 348 g/mol. The highest BCUT2D eigenvalue weighted by molar-refractivity contribution is 6.31. The fourth-order valence-electron chi connectivity index (χ4n) is 2.05. The topological polar surface area (TPSA) is 59.6 Å². The number of carbonyl (C=O) groups excluding carboxylic acids is 1. The summed E-state index contributed by atoms with van der Waals surface area (Å²) in [6.07, 6.45) is 0. The van der Waals surface area contributed by atoms with Gasteiger partial charge in [0.15, 0.2) is 0 Å². The Balaban J connectivity index is 1.66. The quantitative estimate of drug-likeness (QED) is 0.719. The molecular formula is C18H21ClN2O3. The molecule has 0 saturated heterocycles. The molecule has 0 aliphatic rings. The minimum absolute atomic E-state index is 0.121. The number of amides is 1. The molecular weight excluding hydrogens is 328 g/mol. The molecule has 2 aromatic rings. The molecule has 2 rings (SSSR count). The van der Waals surface area contributed by atoms with Crippen molar-refractivity contribution >= 4 is 23.2 Å². The number of nitrogens with one attached hydrogen (secondary N) is 2. The van der Waals surface area contributed by atoms with E-state index in [1.165, 1.54) is 0 Å². The van der Waals surface area contributed by atoms with Crippen LogP contribution in [0.25, 0.3) is 0 Å². The molecule has 24 heavy (non-hydrogen) atoms. The van der Waals surface area contributed by atoms with E-state index in [4.69, 9.17) is 21.1 Å². The standard InChI is InChI=1S/C18H21ClN2O3/c1-13-16(19)4-3-5-17(13)21-18(22)12-20-10-11-24-15-8-6-14(23-2)7-9-15/h3-9,20H,10-12H2,1-2H3,(H,21,22). The zero-order chi connectivity index (χ0) is 17.4. The largest absolute Gasteiger partial charge is 0.497 e. The minimum Gasteiger partial charge on any atom is -0.497 e. The Hall–Kier alpha value is -2.24. The first-order valence-electron chi connectivity index (χ1n) is 7.62. The van der Waals surface area contributed by atoms with Gasteiger partial charge in [-0.1, -0.05) is 17.7 Å². The number of hydrogen-bond donors (Lipinski definition) is 2. The second kappa shape index (κ2) is 9.15. The van der Waals surface area contributed by atoms with Crippen LogP contribution in [0.1, 0.15) is 5.56 Å². The van der Waals surface area contributed by atoms with Gasteiger partial charge in [-0.05, 0) is 48.9 Å². The van der Waals surface area contributed by atoms with Crippen molar-refractivity contribution in [2.75, 3.05) is 32.1 Å². The minimum atomic E-state index is -0.121. The van der Waals surface area contributed by atoms with Crippen molar-refractivity contribution in [2.45, 2.75) is 6.92 Å². The van der Waals surface area contributed by atoms with Gasteiger partial charge in [0.25, 0.3) is 0 Å². The molecule has 0 aliphatic carbocycles. The number of methoxy groups -OCH3 is 1. The second-order valence-electron chi connectivity index (χ2n) is 5.16. The summed E-state index contributed by atoms with van der Waals surface area (Å²) in [5.74, 6) is 1.43. The summed E-state index contributed by atoms with van der Waals surface area (Å²) in [7, 11) is 1.62. The number of carbonyl (C=O) groups is 1. The lowest BCUT2D eigenvalue weighted by Gasteiger charge is -2.11. The highest BCUT2D eigenvalue weighted by atomic mass is 35.5. The number of ether oxygens (including phenoxy) is 2. The van der Waals surface area contributed by atoms with Gasteiger partial charge in [0, 0.05) is 17.3 Å². The van der Waals surface area contributed by atoms with Crippen molar-refractivity contribution in [3.63, 3.8) is 0 Å². The number of hydrogen-bond acceptors (Lipinski definition) is 4. The Labute approximate surface area is 146 Å². The molecule has 0 aromatic heterocycles. The van der Waals surface area contributed by atoms with E-state index in [1.54, 1.807) is 19.2 Å². The van der Waals surface area contributed by atoms with Crippen molar-refractivity contribution in [2.24, 2.45) is 0 Å². The Kier molecular flexibility index (Phi) is 6.90. The van der Waals surface area contributed by atoms with Crippen LogP contribution in [-0.2, 0) is 4.79 Å². The van der Waals surface area contributed by atoms with Crippen molar-refractivity contribution in [3.8, 4) is 11.5 Å². The third kappa shape index (κ3) is 5.44. The molecule has 0 bridgehead atoms. The van der Waals surface area contributed by atoms with Crippen LogP contribution in [0.5, 0.6) is 11.5 Å². The van der Waals surface area contributed by atoms with E-state index in [-0.39, 0.29) is 12.5 Å². The Morgan fingerprint density at radius 3 is 2.54 bits per heavy atom. The summed E-state index contributed by atoms with van der Waals surface area (Å²) in [6.45, 7) is 3.11. The summed E-state index contributed by atoms with van der Waals surface area (Å²) in [6, 6.07) is 12.8. The van der Waals surface area contributed by atoms with Gasteiger partial charge < -0.3 is 20.1 Å². The lowest BCUT2D eigenvalue weighted by Crippen LogP contribution is -2.31. The predicted octanol–water partition coefficient (Wildman–Crippen LogP) is 3.26. The fraction of sp³-hybridized carbons (Fsp3) is 0.278. The van der Waals surface area contributed by atoms with Crippen LogP contribution >= 0.6 is 11.6 Å². The van der Waals surface area contributed by atoms with Gasteiger partial charge >= 0.3 is 0 Å². The van der Waals surface area contributed by atoms with Gasteiger partial charge in [-0.3, -0.25) is 4.79 Å². The molecule has 0 fully saturated rings. The predicted molar refractivity (Wildman–Crippen MR) is 96.2 cm³/mol. The maximum absolute atomic E-state index is 11.9. The van der Waals surface area contributed by atoms with E-state index < -0.39 is 0 Å². The van der Waals surface area contributed by atoms with Crippen LogP contribution < -0.4 is 20.1 Å². The number of halogens is 1. The van der Waals surface area contributed by atoms with Crippen molar-refractivity contribution in [3.05, 3.63) is 53.1 Å². The van der Waals surface area contributed by atoms with Crippen LogP contribution in [0.2, 0.25) is 5.02 Å². The average Bonchev–Trinajstić information content (AvgIpc) is 2.59. The number of benzene rings is 2. The molecule has 0 heterocycles. The zero-order valence-corrected chi connectivity index (χ0v) is 14.5. The van der Waals surface area contributed by atoms with Crippen molar-refractivity contribution in [1.82, 2.24) is 5.32 Å². The molecule has 0 radical (unpaired) electrons. The SMILES string of the molecule is COc1ccc(OCCNCC(=O)Nc2cccc(Cl)c2C)cc1. The summed E-state index contributed by atoms with van der Waals surface area (Å²) >= 11 is 6.03. The van der Waals surface area contributed by atoms with Gasteiger partial charge in [-0.15, -0.1) is 0 Å². The average molecular weight is 349 g/mol. The van der Waals surface area contributed by atoms with E-state index in [1.807, 2.05) is 37.3 Å². The maximum atomic E-state index is 11.9. The first-order chi connectivity index (χ1) is 11.6. The molecule has 6 heteroatoms. The second-order valence-corrected chi connectivity index (χ2v) is 5.57. The van der Waals surface area contributed by atoms with Crippen LogP contribution in [-0.4, -0.2) is 32.7 Å². The van der Waals surface area contributed by atoms with E-state index in [0.29, 0.717) is 18.2 Å². The fourth-order valence-corrected chi connectivity index (χ4v) is 2.23. The summed E-state index contributed by atoms with van der Waals surface area (Å²) < 4.78 is 10.7. The van der Waals surface area contributed by atoms with Gasteiger partial charge in [0.05, 0.1) is 13.7 Å². The van der Waals surface area contributed by atoms with Crippen molar-refractivity contribution < 1.29 is 14.3 Å². The zero-order valence-electron chi connectivity index (χ0n) is 13.8. The summed E-state index contributed by atoms with van der Waals surface area (Å²) in [5, 5.41) is 6.50. The van der Waals surface area contributed by atoms with Crippen LogP contribution in [0.15, 0.2) is 42.5 Å². The maximum Gasteiger partial charge on any atom is 0.238 e. The highest BCUT2D eigenvalue weighted by Crippen LogP contribution is 2.22. The smallest absolute Gasteiger partial charge is 0.238 e. The molecule has 0 spiro atoms. The van der Waals surface area contributed by atoms with Gasteiger partial charge in [-0.2, -0.15) is 0 Å². The molecule has 0 saturated carbocycles. The normalized spacial score (nSPS) is 10.3. The molecule has 5 nitrogen and oxygen atoms in total. The third-order valence-electron chi connectivity index (χ3n) is 3.43. The van der Waals surface area contributed by atoms with Crippen molar-refractivity contribution in [1.29, 1.82) is 0 Å². The Morgan fingerprint density at radius 1 is 1.12 bits per heavy atom. The van der Waals surface area contributed by atoms with E-state index in [2.05, 4.69) is 10.6 Å². The lowest BCUT2D eigenvalue weighted by atomic mass is 10.2. The molecule has 128 valence electrons. The molecule has 0 atom stereocenters. The molecule has 1 amide bonds. The van der Waals surface area contributed by atoms with Crippen LogP contribution in [0.3, 0.4) is 0 Å². The Morgan fingerprint density at radius 2 is 1.83 bits per heavy atom. The molecule has 0 unspecified atom stereocenters. The van der Waals surface area contributed by atoms with E-state index >= 15 is 0 Å². The van der Waals surface area contributed by atoms with Gasteiger partial charge in [-0.25, -0.2) is 0 Å². The molecule has 2 aromatic carbocycles. The third-order valence-corrected chi connectivity index (χ3v) is 3.84. The van der Waals surface area contributed by atoms with E-state index in [0.717, 1.165) is 22.7 Å². The first kappa shape index (κ1) is 18.1. The lowest BCUT2D eigenvalue weighted by molar-refractivity contribution is -0.115. The molecule has 2 N–H and O–H groups in total. The van der Waals surface area contributed by atoms with Gasteiger partial charge in [0.2, 0.25) is 5.91 Å². The number of anilines is 1. The Bertz CT molecular complexity index is 674. The van der Waals surface area contributed by atoms with Crippen LogP contribution in [0.4, 0.5) is 5.69 Å². The highest BCUT2D eigenvalue weighted by Gasteiger charge is 2.06. The number of rotatable bonds is 8. The summed E-state index contributed by atoms with van der Waals surface area (Å²) in [4.78, 5) is 11.9. The first-order valence-corrected chi connectivity index (χ1v) is 8.00. The summed E-state index contributed by atoms with van der Waals surface area (Å²) in [5.41, 5.74) is 1.58. The molecule has 0 aliphatic heterocycles.